The van der Waals surface area contributed by atoms with E-state index >= 15 is 0 Å². The van der Waals surface area contributed by atoms with Crippen LogP contribution in [0.5, 0.6) is 0 Å². The van der Waals surface area contributed by atoms with Crippen LogP contribution in [0.4, 0.5) is 0 Å². The van der Waals surface area contributed by atoms with Gasteiger partial charge in [0.15, 0.2) is 5.96 Å². The highest BCUT2D eigenvalue weighted by Crippen LogP contribution is 2.13. The monoisotopic (exact) mass is 496 g/mol. The summed E-state index contributed by atoms with van der Waals surface area (Å²) in [7, 11) is -3.36. The number of benzene rings is 1. The molecule has 0 atom stereocenters. The van der Waals surface area contributed by atoms with Gasteiger partial charge in [-0.1, -0.05) is 38.1 Å². The Labute approximate surface area is 175 Å². The van der Waals surface area contributed by atoms with Crippen molar-refractivity contribution in [3.8, 4) is 0 Å². The van der Waals surface area contributed by atoms with Crippen molar-refractivity contribution in [1.29, 1.82) is 0 Å². The SMILES string of the molecule is CCNC(=NCc1ccccc1CS(=O)(=O)NC(C)C)NCC(C)C.I. The molecule has 0 aromatic heterocycles. The van der Waals surface area contributed by atoms with E-state index in [1.165, 1.54) is 0 Å². The van der Waals surface area contributed by atoms with Crippen molar-refractivity contribution >= 4 is 40.0 Å². The smallest absolute Gasteiger partial charge is 0.216 e. The van der Waals surface area contributed by atoms with Gasteiger partial charge in [0.2, 0.25) is 10.0 Å². The Bertz CT molecular complexity index is 661. The van der Waals surface area contributed by atoms with Gasteiger partial charge in [-0.25, -0.2) is 18.1 Å². The van der Waals surface area contributed by atoms with Crippen LogP contribution in [-0.4, -0.2) is 33.5 Å². The number of nitrogens with zero attached hydrogens (tertiary/aromatic N) is 1. The van der Waals surface area contributed by atoms with E-state index < -0.39 is 10.0 Å². The standard InChI is InChI=1S/C18H32N4O2S.HI/c1-6-19-18(20-11-14(2)3)21-12-16-9-7-8-10-17(16)13-25(23,24)22-15(4)5;/h7-10,14-15,22H,6,11-13H2,1-5H3,(H2,19,20,21);1H. The maximum Gasteiger partial charge on any atom is 0.216 e. The minimum atomic E-state index is -3.36. The van der Waals surface area contributed by atoms with Gasteiger partial charge in [0.1, 0.15) is 0 Å². The van der Waals surface area contributed by atoms with Crippen LogP contribution in [0.15, 0.2) is 29.3 Å². The van der Waals surface area contributed by atoms with Crippen LogP contribution in [0, 0.1) is 5.92 Å². The van der Waals surface area contributed by atoms with Gasteiger partial charge in [-0.05, 0) is 37.8 Å². The summed E-state index contributed by atoms with van der Waals surface area (Å²) in [5.74, 6) is 1.23. The Morgan fingerprint density at radius 2 is 1.69 bits per heavy atom. The van der Waals surface area contributed by atoms with Crippen molar-refractivity contribution in [2.75, 3.05) is 13.1 Å². The molecule has 0 heterocycles. The maximum absolute atomic E-state index is 12.2. The van der Waals surface area contributed by atoms with E-state index in [-0.39, 0.29) is 35.8 Å². The van der Waals surface area contributed by atoms with Crippen molar-refractivity contribution < 1.29 is 8.42 Å². The Balaban J connectivity index is 0.00000625. The highest BCUT2D eigenvalue weighted by molar-refractivity contribution is 14.0. The van der Waals surface area contributed by atoms with Crippen molar-refractivity contribution in [1.82, 2.24) is 15.4 Å². The number of aliphatic imine (C=N–C) groups is 1. The van der Waals surface area contributed by atoms with Crippen molar-refractivity contribution in [3.63, 3.8) is 0 Å². The fourth-order valence-electron chi connectivity index (χ4n) is 2.26. The Kier molecular flexibility index (Phi) is 12.1. The predicted octanol–water partition coefficient (Wildman–Crippen LogP) is 2.84. The van der Waals surface area contributed by atoms with Gasteiger partial charge in [-0.2, -0.15) is 0 Å². The average Bonchev–Trinajstić information content (AvgIpc) is 2.49. The lowest BCUT2D eigenvalue weighted by molar-refractivity contribution is 0.569. The molecule has 1 rings (SSSR count). The molecule has 0 aliphatic rings. The molecule has 8 heteroatoms. The summed E-state index contributed by atoms with van der Waals surface area (Å²) >= 11 is 0. The van der Waals surface area contributed by atoms with E-state index in [1.807, 2.05) is 45.0 Å². The number of sulfonamides is 1. The lowest BCUT2D eigenvalue weighted by Gasteiger charge is -2.14. The van der Waals surface area contributed by atoms with E-state index in [0.717, 1.165) is 30.2 Å². The lowest BCUT2D eigenvalue weighted by Crippen LogP contribution is -2.39. The molecule has 6 nitrogen and oxygen atoms in total. The van der Waals surface area contributed by atoms with Crippen molar-refractivity contribution in [3.05, 3.63) is 35.4 Å². The molecule has 1 aromatic carbocycles. The molecular formula is C18H33IN4O2S. The minimum absolute atomic E-state index is 0. The summed E-state index contributed by atoms with van der Waals surface area (Å²) in [6.07, 6.45) is 0. The Morgan fingerprint density at radius 1 is 1.08 bits per heavy atom. The van der Waals surface area contributed by atoms with E-state index in [9.17, 15) is 8.42 Å². The van der Waals surface area contributed by atoms with Gasteiger partial charge in [0.25, 0.3) is 0 Å². The van der Waals surface area contributed by atoms with Gasteiger partial charge in [0.05, 0.1) is 12.3 Å². The van der Waals surface area contributed by atoms with E-state index in [2.05, 4.69) is 34.2 Å². The molecule has 0 radical (unpaired) electrons. The Hall–Kier alpha value is -0.870. The topological polar surface area (TPSA) is 82.6 Å². The van der Waals surface area contributed by atoms with Gasteiger partial charge < -0.3 is 10.6 Å². The molecule has 1 aromatic rings. The minimum Gasteiger partial charge on any atom is -0.357 e. The molecule has 26 heavy (non-hydrogen) atoms. The van der Waals surface area contributed by atoms with Gasteiger partial charge in [-0.15, -0.1) is 24.0 Å². The maximum atomic E-state index is 12.2. The van der Waals surface area contributed by atoms with E-state index in [1.54, 1.807) is 0 Å². The first kappa shape index (κ1) is 25.1. The molecule has 0 amide bonds. The second-order valence-corrected chi connectivity index (χ2v) is 8.52. The fraction of sp³-hybridized carbons (Fsp3) is 0.611. The molecule has 0 fully saturated rings. The van der Waals surface area contributed by atoms with Crippen LogP contribution in [0.25, 0.3) is 0 Å². The van der Waals surface area contributed by atoms with Gasteiger partial charge >= 0.3 is 0 Å². The third-order valence-corrected chi connectivity index (χ3v) is 4.83. The number of halogens is 1. The number of hydrogen-bond acceptors (Lipinski definition) is 3. The molecule has 0 spiro atoms. The molecule has 0 unspecified atom stereocenters. The zero-order valence-corrected chi connectivity index (χ0v) is 19.5. The normalized spacial score (nSPS) is 12.2. The first-order valence-corrected chi connectivity index (χ1v) is 10.5. The highest BCUT2D eigenvalue weighted by Gasteiger charge is 2.15. The first-order chi connectivity index (χ1) is 11.7. The summed E-state index contributed by atoms with van der Waals surface area (Å²) in [5.41, 5.74) is 1.69. The third-order valence-electron chi connectivity index (χ3n) is 3.31. The molecule has 0 aliphatic heterocycles. The highest BCUT2D eigenvalue weighted by atomic mass is 127. The number of nitrogens with one attached hydrogen (secondary N) is 3. The van der Waals surface area contributed by atoms with Crippen molar-refractivity contribution in [2.24, 2.45) is 10.9 Å². The second kappa shape index (κ2) is 12.5. The number of guanidine groups is 1. The predicted molar refractivity (Wildman–Crippen MR) is 120 cm³/mol. The van der Waals surface area contributed by atoms with E-state index in [0.29, 0.717) is 12.5 Å². The summed E-state index contributed by atoms with van der Waals surface area (Å²) in [6, 6.07) is 7.42. The molecule has 0 bridgehead atoms. The quantitative estimate of drug-likeness (QED) is 0.279. The van der Waals surface area contributed by atoms with Gasteiger partial charge in [-0.3, -0.25) is 0 Å². The molecule has 0 aliphatic carbocycles. The number of rotatable bonds is 9. The second-order valence-electron chi connectivity index (χ2n) is 6.77. The van der Waals surface area contributed by atoms with Crippen LogP contribution in [0.2, 0.25) is 0 Å². The lowest BCUT2D eigenvalue weighted by atomic mass is 10.1. The molecule has 150 valence electrons. The van der Waals surface area contributed by atoms with E-state index in [4.69, 9.17) is 0 Å². The molecule has 0 saturated carbocycles. The summed E-state index contributed by atoms with van der Waals surface area (Å²) in [4.78, 5) is 4.59. The largest absolute Gasteiger partial charge is 0.357 e. The van der Waals surface area contributed by atoms with Crippen LogP contribution >= 0.6 is 24.0 Å². The zero-order valence-electron chi connectivity index (χ0n) is 16.4. The Morgan fingerprint density at radius 3 is 2.23 bits per heavy atom. The first-order valence-electron chi connectivity index (χ1n) is 8.82. The van der Waals surface area contributed by atoms with Crippen LogP contribution in [0.3, 0.4) is 0 Å². The zero-order chi connectivity index (χ0) is 18.9. The van der Waals surface area contributed by atoms with Crippen LogP contribution in [0.1, 0.15) is 45.7 Å². The molecule has 3 N–H and O–H groups in total. The number of hydrogen-bond donors (Lipinski definition) is 3. The van der Waals surface area contributed by atoms with Crippen LogP contribution < -0.4 is 15.4 Å². The average molecular weight is 496 g/mol. The van der Waals surface area contributed by atoms with Gasteiger partial charge in [0, 0.05) is 19.1 Å². The molecular weight excluding hydrogens is 463 g/mol. The summed E-state index contributed by atoms with van der Waals surface area (Å²) in [5, 5.41) is 6.50. The fourth-order valence-corrected chi connectivity index (χ4v) is 3.76. The third kappa shape index (κ3) is 10.3. The van der Waals surface area contributed by atoms with Crippen LogP contribution in [-0.2, 0) is 22.3 Å². The van der Waals surface area contributed by atoms with Crippen molar-refractivity contribution in [2.45, 2.75) is 53.0 Å². The summed E-state index contributed by atoms with van der Waals surface area (Å²) < 4.78 is 27.0. The molecule has 0 saturated heterocycles. The summed E-state index contributed by atoms with van der Waals surface area (Å²) in [6.45, 7) is 12.0.